The Morgan fingerprint density at radius 1 is 1.50 bits per heavy atom. The Morgan fingerprint density at radius 2 is 2.21 bits per heavy atom. The van der Waals surface area contributed by atoms with Gasteiger partial charge in [0, 0.05) is 39.8 Å². The second-order valence-corrected chi connectivity index (χ2v) is 3.32. The van der Waals surface area contributed by atoms with Crippen molar-refractivity contribution in [2.75, 3.05) is 53.0 Å². The molecule has 5 heteroatoms. The van der Waals surface area contributed by atoms with E-state index >= 15 is 0 Å². The Hall–Kier alpha value is -0.650. The Bertz CT molecular complexity index is 169. The molecule has 1 fully saturated rings. The van der Waals surface area contributed by atoms with Crippen LogP contribution in [0, 0.1) is 0 Å². The Kier molecular flexibility index (Phi) is 5.51. The van der Waals surface area contributed by atoms with Crippen molar-refractivity contribution < 1.29 is 9.53 Å². The van der Waals surface area contributed by atoms with Crippen LogP contribution in [-0.4, -0.2) is 63.8 Å². The van der Waals surface area contributed by atoms with E-state index in [0.717, 1.165) is 32.7 Å². The van der Waals surface area contributed by atoms with Gasteiger partial charge in [0.15, 0.2) is 0 Å². The number of amides is 1. The maximum Gasteiger partial charge on any atom is 0.245 e. The molecule has 1 heterocycles. The van der Waals surface area contributed by atoms with Crippen LogP contribution in [0.1, 0.15) is 0 Å². The van der Waals surface area contributed by atoms with E-state index in [1.807, 2.05) is 0 Å². The van der Waals surface area contributed by atoms with Crippen LogP contribution in [-0.2, 0) is 9.53 Å². The SMILES string of the molecule is CNC(=O)COCCN1CCNCC1. The summed E-state index contributed by atoms with van der Waals surface area (Å²) in [6.07, 6.45) is 0. The summed E-state index contributed by atoms with van der Waals surface area (Å²) in [4.78, 5) is 13.1. The fourth-order valence-electron chi connectivity index (χ4n) is 1.37. The van der Waals surface area contributed by atoms with Crippen LogP contribution < -0.4 is 10.6 Å². The number of hydrogen-bond acceptors (Lipinski definition) is 4. The first-order valence-electron chi connectivity index (χ1n) is 5.04. The van der Waals surface area contributed by atoms with E-state index < -0.39 is 0 Å². The van der Waals surface area contributed by atoms with Gasteiger partial charge in [0.1, 0.15) is 6.61 Å². The zero-order chi connectivity index (χ0) is 10.2. The van der Waals surface area contributed by atoms with Gasteiger partial charge in [-0.1, -0.05) is 0 Å². The van der Waals surface area contributed by atoms with E-state index in [-0.39, 0.29) is 12.5 Å². The number of likely N-dealkylation sites (N-methyl/N-ethyl adjacent to an activating group) is 1. The third-order valence-electron chi connectivity index (χ3n) is 2.27. The molecule has 0 atom stereocenters. The third-order valence-corrected chi connectivity index (χ3v) is 2.27. The average Bonchev–Trinajstić information content (AvgIpc) is 2.25. The molecule has 0 spiro atoms. The fourth-order valence-corrected chi connectivity index (χ4v) is 1.37. The molecule has 5 nitrogen and oxygen atoms in total. The van der Waals surface area contributed by atoms with Gasteiger partial charge in [-0.05, 0) is 0 Å². The lowest BCUT2D eigenvalue weighted by molar-refractivity contribution is -0.125. The molecule has 0 aromatic carbocycles. The number of ether oxygens (including phenoxy) is 1. The molecule has 1 aliphatic heterocycles. The van der Waals surface area contributed by atoms with Crippen molar-refractivity contribution in [2.45, 2.75) is 0 Å². The first-order valence-corrected chi connectivity index (χ1v) is 5.04. The lowest BCUT2D eigenvalue weighted by Gasteiger charge is -2.26. The number of rotatable bonds is 5. The van der Waals surface area contributed by atoms with E-state index in [1.165, 1.54) is 0 Å². The minimum atomic E-state index is -0.0645. The van der Waals surface area contributed by atoms with Gasteiger partial charge in [0.25, 0.3) is 0 Å². The third kappa shape index (κ3) is 4.55. The van der Waals surface area contributed by atoms with Gasteiger partial charge in [0.05, 0.1) is 6.61 Å². The lowest BCUT2D eigenvalue weighted by atomic mass is 10.4. The second kappa shape index (κ2) is 6.75. The predicted octanol–water partition coefficient (Wildman–Crippen LogP) is -1.35. The highest BCUT2D eigenvalue weighted by atomic mass is 16.5. The molecule has 1 rings (SSSR count). The van der Waals surface area contributed by atoms with Crippen LogP contribution in [0.4, 0.5) is 0 Å². The number of carbonyl (C=O) groups is 1. The normalized spacial score (nSPS) is 18.1. The van der Waals surface area contributed by atoms with Crippen molar-refractivity contribution in [1.82, 2.24) is 15.5 Å². The first kappa shape index (κ1) is 11.4. The van der Waals surface area contributed by atoms with Gasteiger partial charge in [0.2, 0.25) is 5.91 Å². The fraction of sp³-hybridized carbons (Fsp3) is 0.889. The summed E-state index contributed by atoms with van der Waals surface area (Å²) in [6, 6.07) is 0. The van der Waals surface area contributed by atoms with Crippen molar-refractivity contribution >= 4 is 5.91 Å². The molecule has 2 N–H and O–H groups in total. The maximum absolute atomic E-state index is 10.8. The zero-order valence-corrected chi connectivity index (χ0v) is 8.71. The van der Waals surface area contributed by atoms with Gasteiger partial charge in [-0.2, -0.15) is 0 Å². The van der Waals surface area contributed by atoms with Crippen LogP contribution in [0.5, 0.6) is 0 Å². The summed E-state index contributed by atoms with van der Waals surface area (Å²) in [5.74, 6) is -0.0645. The summed E-state index contributed by atoms with van der Waals surface area (Å²) in [6.45, 7) is 5.96. The van der Waals surface area contributed by atoms with Crippen LogP contribution >= 0.6 is 0 Å². The standard InChI is InChI=1S/C9H19N3O2/c1-10-9(13)8-14-7-6-12-4-2-11-3-5-12/h11H,2-8H2,1H3,(H,10,13). The molecular weight excluding hydrogens is 182 g/mol. The molecule has 14 heavy (non-hydrogen) atoms. The minimum Gasteiger partial charge on any atom is -0.370 e. The summed E-state index contributed by atoms with van der Waals surface area (Å²) in [7, 11) is 1.61. The van der Waals surface area contributed by atoms with Crippen molar-refractivity contribution in [2.24, 2.45) is 0 Å². The lowest BCUT2D eigenvalue weighted by Crippen LogP contribution is -2.44. The number of nitrogens with one attached hydrogen (secondary N) is 2. The summed E-state index contributed by atoms with van der Waals surface area (Å²) in [5, 5.41) is 5.80. The Balaban J connectivity index is 1.94. The molecular formula is C9H19N3O2. The first-order chi connectivity index (χ1) is 6.83. The van der Waals surface area contributed by atoms with Gasteiger partial charge >= 0.3 is 0 Å². The van der Waals surface area contributed by atoms with Gasteiger partial charge in [-0.3, -0.25) is 9.69 Å². The molecule has 82 valence electrons. The van der Waals surface area contributed by atoms with Crippen molar-refractivity contribution in [3.8, 4) is 0 Å². The van der Waals surface area contributed by atoms with Crippen LogP contribution in [0.2, 0.25) is 0 Å². The number of piperazine rings is 1. The monoisotopic (exact) mass is 201 g/mol. The van der Waals surface area contributed by atoms with Crippen LogP contribution in [0.15, 0.2) is 0 Å². The molecule has 0 aliphatic carbocycles. The maximum atomic E-state index is 10.8. The van der Waals surface area contributed by atoms with E-state index in [9.17, 15) is 4.79 Å². The van der Waals surface area contributed by atoms with Gasteiger partial charge < -0.3 is 15.4 Å². The van der Waals surface area contributed by atoms with Crippen molar-refractivity contribution in [3.63, 3.8) is 0 Å². The average molecular weight is 201 g/mol. The molecule has 1 amide bonds. The minimum absolute atomic E-state index is 0.0645. The molecule has 0 aromatic heterocycles. The van der Waals surface area contributed by atoms with Crippen molar-refractivity contribution in [3.05, 3.63) is 0 Å². The van der Waals surface area contributed by atoms with E-state index in [0.29, 0.717) is 6.61 Å². The zero-order valence-electron chi connectivity index (χ0n) is 8.71. The highest BCUT2D eigenvalue weighted by Crippen LogP contribution is 1.91. The Labute approximate surface area is 84.8 Å². The van der Waals surface area contributed by atoms with E-state index in [4.69, 9.17) is 4.74 Å². The summed E-state index contributed by atoms with van der Waals surface area (Å²) >= 11 is 0. The molecule has 1 aliphatic rings. The molecule has 1 saturated heterocycles. The molecule has 0 aromatic rings. The highest BCUT2D eigenvalue weighted by molar-refractivity contribution is 5.76. The van der Waals surface area contributed by atoms with E-state index in [1.54, 1.807) is 7.05 Å². The predicted molar refractivity (Wildman–Crippen MR) is 54.2 cm³/mol. The molecule has 0 saturated carbocycles. The Morgan fingerprint density at radius 3 is 2.86 bits per heavy atom. The highest BCUT2D eigenvalue weighted by Gasteiger charge is 2.08. The van der Waals surface area contributed by atoms with E-state index in [2.05, 4.69) is 15.5 Å². The summed E-state index contributed by atoms with van der Waals surface area (Å²) < 4.78 is 5.21. The van der Waals surface area contributed by atoms with Gasteiger partial charge in [-0.15, -0.1) is 0 Å². The summed E-state index contributed by atoms with van der Waals surface area (Å²) in [5.41, 5.74) is 0. The molecule has 0 unspecified atom stereocenters. The molecule has 0 radical (unpaired) electrons. The van der Waals surface area contributed by atoms with Gasteiger partial charge in [-0.25, -0.2) is 0 Å². The van der Waals surface area contributed by atoms with Crippen molar-refractivity contribution in [1.29, 1.82) is 0 Å². The molecule has 0 bridgehead atoms. The number of carbonyl (C=O) groups excluding carboxylic acids is 1. The largest absolute Gasteiger partial charge is 0.370 e. The second-order valence-electron chi connectivity index (χ2n) is 3.32. The number of nitrogens with zero attached hydrogens (tertiary/aromatic N) is 1. The smallest absolute Gasteiger partial charge is 0.245 e. The van der Waals surface area contributed by atoms with Crippen LogP contribution in [0.3, 0.4) is 0 Å². The topological polar surface area (TPSA) is 53.6 Å². The quantitative estimate of drug-likeness (QED) is 0.540. The van der Waals surface area contributed by atoms with Crippen LogP contribution in [0.25, 0.3) is 0 Å². The number of hydrogen-bond donors (Lipinski definition) is 2.